The van der Waals surface area contributed by atoms with Gasteiger partial charge in [0.2, 0.25) is 0 Å². The predicted octanol–water partition coefficient (Wildman–Crippen LogP) is 3.26. The lowest BCUT2D eigenvalue weighted by Crippen LogP contribution is -2.20. The Bertz CT molecular complexity index is 438. The Morgan fingerprint density at radius 3 is 2.79 bits per heavy atom. The van der Waals surface area contributed by atoms with Crippen molar-refractivity contribution in [2.75, 3.05) is 13.6 Å². The molecule has 1 N–H and O–H groups in total. The Labute approximate surface area is 115 Å². The van der Waals surface area contributed by atoms with Crippen molar-refractivity contribution in [2.45, 2.75) is 26.8 Å². The van der Waals surface area contributed by atoms with Crippen LogP contribution in [0.25, 0.3) is 6.08 Å². The molecule has 0 atom stereocenters. The van der Waals surface area contributed by atoms with E-state index in [0.29, 0.717) is 5.92 Å². The van der Waals surface area contributed by atoms with Gasteiger partial charge in [0.05, 0.1) is 0 Å². The first-order valence-electron chi connectivity index (χ1n) is 6.66. The minimum absolute atomic E-state index is 0.715. The number of carbonyl (C=O) groups is 1. The van der Waals surface area contributed by atoms with Crippen LogP contribution in [-0.2, 0) is 11.3 Å². The molecule has 0 saturated heterocycles. The van der Waals surface area contributed by atoms with Gasteiger partial charge in [-0.15, -0.1) is 0 Å². The monoisotopic (exact) mass is 261 g/mol. The summed E-state index contributed by atoms with van der Waals surface area (Å²) in [5.74, 6) is -0.202. The lowest BCUT2D eigenvalue weighted by molar-refractivity contribution is -0.131. The lowest BCUT2D eigenvalue weighted by Gasteiger charge is -2.18. The molecule has 0 aliphatic heterocycles. The SMILES string of the molecule is CC(C)CCN(C)Cc1cccc(/C=C/C(=O)O)c1. The Balaban J connectivity index is 2.59. The van der Waals surface area contributed by atoms with E-state index in [-0.39, 0.29) is 0 Å². The second-order valence-corrected chi connectivity index (χ2v) is 5.34. The van der Waals surface area contributed by atoms with E-state index in [2.05, 4.69) is 31.9 Å². The van der Waals surface area contributed by atoms with Gasteiger partial charge in [0.25, 0.3) is 0 Å². The molecule has 1 rings (SSSR count). The average molecular weight is 261 g/mol. The van der Waals surface area contributed by atoms with Gasteiger partial charge in [-0.25, -0.2) is 4.79 Å². The summed E-state index contributed by atoms with van der Waals surface area (Å²) in [6.45, 7) is 6.42. The first-order valence-corrected chi connectivity index (χ1v) is 6.66. The normalized spacial score (nSPS) is 11.6. The fourth-order valence-electron chi connectivity index (χ4n) is 1.83. The van der Waals surface area contributed by atoms with E-state index in [0.717, 1.165) is 18.7 Å². The molecule has 0 unspecified atom stereocenters. The highest BCUT2D eigenvalue weighted by molar-refractivity contribution is 5.85. The fraction of sp³-hybridized carbons (Fsp3) is 0.438. The van der Waals surface area contributed by atoms with E-state index in [1.165, 1.54) is 18.1 Å². The van der Waals surface area contributed by atoms with Crippen molar-refractivity contribution in [3.63, 3.8) is 0 Å². The van der Waals surface area contributed by atoms with Crippen molar-refractivity contribution in [2.24, 2.45) is 5.92 Å². The van der Waals surface area contributed by atoms with Crippen LogP contribution in [0.15, 0.2) is 30.3 Å². The quantitative estimate of drug-likeness (QED) is 0.766. The number of carboxylic acids is 1. The Morgan fingerprint density at radius 2 is 2.16 bits per heavy atom. The Morgan fingerprint density at radius 1 is 1.42 bits per heavy atom. The molecule has 0 amide bonds. The van der Waals surface area contributed by atoms with Crippen LogP contribution < -0.4 is 0 Å². The summed E-state index contributed by atoms with van der Waals surface area (Å²) in [5, 5.41) is 8.62. The molecule has 0 radical (unpaired) electrons. The number of rotatable bonds is 7. The minimum Gasteiger partial charge on any atom is -0.478 e. The molecule has 0 aliphatic rings. The summed E-state index contributed by atoms with van der Waals surface area (Å²) in [4.78, 5) is 12.8. The summed E-state index contributed by atoms with van der Waals surface area (Å²) < 4.78 is 0. The van der Waals surface area contributed by atoms with Crippen LogP contribution in [0.1, 0.15) is 31.4 Å². The van der Waals surface area contributed by atoms with Gasteiger partial charge in [-0.1, -0.05) is 38.1 Å². The summed E-state index contributed by atoms with van der Waals surface area (Å²) >= 11 is 0. The second kappa shape index (κ2) is 7.74. The molecule has 0 saturated carbocycles. The second-order valence-electron chi connectivity index (χ2n) is 5.34. The number of nitrogens with zero attached hydrogens (tertiary/aromatic N) is 1. The summed E-state index contributed by atoms with van der Waals surface area (Å²) in [6.07, 6.45) is 3.98. The smallest absolute Gasteiger partial charge is 0.328 e. The molecule has 104 valence electrons. The molecule has 0 fully saturated rings. The molecule has 0 aliphatic carbocycles. The Kier molecular flexibility index (Phi) is 6.30. The summed E-state index contributed by atoms with van der Waals surface area (Å²) in [7, 11) is 2.11. The van der Waals surface area contributed by atoms with Crippen molar-refractivity contribution >= 4 is 12.0 Å². The number of benzene rings is 1. The van der Waals surface area contributed by atoms with E-state index in [1.54, 1.807) is 6.08 Å². The van der Waals surface area contributed by atoms with E-state index in [1.807, 2.05) is 18.2 Å². The van der Waals surface area contributed by atoms with Crippen LogP contribution in [0.2, 0.25) is 0 Å². The maximum Gasteiger partial charge on any atom is 0.328 e. The Hall–Kier alpha value is -1.61. The van der Waals surface area contributed by atoms with Gasteiger partial charge in [0.15, 0.2) is 0 Å². The molecule has 0 spiro atoms. The molecule has 0 heterocycles. The van der Waals surface area contributed by atoms with Gasteiger partial charge < -0.3 is 10.0 Å². The van der Waals surface area contributed by atoms with Gasteiger partial charge in [-0.3, -0.25) is 0 Å². The average Bonchev–Trinajstić information content (AvgIpc) is 2.34. The molecular formula is C16H23NO2. The minimum atomic E-state index is -0.917. The number of hydrogen-bond acceptors (Lipinski definition) is 2. The zero-order chi connectivity index (χ0) is 14.3. The van der Waals surface area contributed by atoms with Gasteiger partial charge in [-0.2, -0.15) is 0 Å². The zero-order valence-corrected chi connectivity index (χ0v) is 12.0. The third-order valence-electron chi connectivity index (χ3n) is 2.91. The molecule has 1 aromatic rings. The van der Waals surface area contributed by atoms with Crippen molar-refractivity contribution in [1.82, 2.24) is 4.90 Å². The van der Waals surface area contributed by atoms with Crippen molar-refractivity contribution in [3.05, 3.63) is 41.5 Å². The standard InChI is InChI=1S/C16H23NO2/c1-13(2)9-10-17(3)12-15-6-4-5-14(11-15)7-8-16(18)19/h4-8,11,13H,9-10,12H2,1-3H3,(H,18,19)/b8-7+. The highest BCUT2D eigenvalue weighted by Gasteiger charge is 2.02. The molecule has 0 aromatic heterocycles. The van der Waals surface area contributed by atoms with Gasteiger partial charge in [0, 0.05) is 12.6 Å². The van der Waals surface area contributed by atoms with Crippen LogP contribution in [0, 0.1) is 5.92 Å². The fourth-order valence-corrected chi connectivity index (χ4v) is 1.83. The van der Waals surface area contributed by atoms with Gasteiger partial charge in [-0.05, 0) is 43.1 Å². The highest BCUT2D eigenvalue weighted by atomic mass is 16.4. The first kappa shape index (κ1) is 15.4. The van der Waals surface area contributed by atoms with Crippen LogP contribution in [-0.4, -0.2) is 29.6 Å². The highest BCUT2D eigenvalue weighted by Crippen LogP contribution is 2.10. The van der Waals surface area contributed by atoms with E-state index in [4.69, 9.17) is 5.11 Å². The summed E-state index contributed by atoms with van der Waals surface area (Å²) in [5.41, 5.74) is 2.14. The van der Waals surface area contributed by atoms with Crippen LogP contribution in [0.5, 0.6) is 0 Å². The maximum absolute atomic E-state index is 10.5. The number of hydrogen-bond donors (Lipinski definition) is 1. The lowest BCUT2D eigenvalue weighted by atomic mass is 10.1. The molecule has 0 bridgehead atoms. The van der Waals surface area contributed by atoms with Gasteiger partial charge in [0.1, 0.15) is 0 Å². The molecular weight excluding hydrogens is 238 g/mol. The summed E-state index contributed by atoms with van der Waals surface area (Å²) in [6, 6.07) is 7.99. The number of carboxylic acid groups (broad SMARTS) is 1. The third-order valence-corrected chi connectivity index (χ3v) is 2.91. The topological polar surface area (TPSA) is 40.5 Å². The first-order chi connectivity index (χ1) is 8.97. The number of aliphatic carboxylic acids is 1. The molecule has 3 heteroatoms. The van der Waals surface area contributed by atoms with Crippen LogP contribution >= 0.6 is 0 Å². The van der Waals surface area contributed by atoms with Crippen LogP contribution in [0.4, 0.5) is 0 Å². The van der Waals surface area contributed by atoms with E-state index >= 15 is 0 Å². The van der Waals surface area contributed by atoms with E-state index in [9.17, 15) is 4.79 Å². The third kappa shape index (κ3) is 6.77. The largest absolute Gasteiger partial charge is 0.478 e. The van der Waals surface area contributed by atoms with Gasteiger partial charge >= 0.3 is 5.97 Å². The van der Waals surface area contributed by atoms with E-state index < -0.39 is 5.97 Å². The predicted molar refractivity (Wildman–Crippen MR) is 78.9 cm³/mol. The van der Waals surface area contributed by atoms with Crippen molar-refractivity contribution < 1.29 is 9.90 Å². The molecule has 1 aromatic carbocycles. The molecule has 19 heavy (non-hydrogen) atoms. The molecule has 3 nitrogen and oxygen atoms in total. The maximum atomic E-state index is 10.5. The zero-order valence-electron chi connectivity index (χ0n) is 12.0. The van der Waals surface area contributed by atoms with Crippen molar-refractivity contribution in [3.8, 4) is 0 Å². The van der Waals surface area contributed by atoms with Crippen LogP contribution in [0.3, 0.4) is 0 Å². The van der Waals surface area contributed by atoms with Crippen molar-refractivity contribution in [1.29, 1.82) is 0 Å².